The molecule has 17 heavy (non-hydrogen) atoms. The van der Waals surface area contributed by atoms with Gasteiger partial charge < -0.3 is 0 Å². The second-order valence-electron chi connectivity index (χ2n) is 3.81. The van der Waals surface area contributed by atoms with Crippen LogP contribution in [0.2, 0.25) is 5.02 Å². The summed E-state index contributed by atoms with van der Waals surface area (Å²) in [5.41, 5.74) is 1.62. The van der Waals surface area contributed by atoms with E-state index in [0.717, 1.165) is 12.1 Å². The fourth-order valence-corrected chi connectivity index (χ4v) is 1.70. The van der Waals surface area contributed by atoms with Gasteiger partial charge in [-0.25, -0.2) is 0 Å². The predicted octanol–water partition coefficient (Wildman–Crippen LogP) is 2.98. The summed E-state index contributed by atoms with van der Waals surface area (Å²) in [6.45, 7) is 2.76. The molecule has 0 aliphatic rings. The first-order valence-corrected chi connectivity index (χ1v) is 5.87. The van der Waals surface area contributed by atoms with Crippen LogP contribution in [0.4, 0.5) is 0 Å². The number of ketones is 1. The Bertz CT molecular complexity index is 516. The van der Waals surface area contributed by atoms with Gasteiger partial charge in [0.05, 0.1) is 11.8 Å². The molecule has 0 N–H and O–H groups in total. The van der Waals surface area contributed by atoms with Crippen LogP contribution >= 0.6 is 11.6 Å². The summed E-state index contributed by atoms with van der Waals surface area (Å²) in [4.78, 5) is 11.9. The molecule has 1 aromatic carbocycles. The number of nitrogens with zero attached hydrogens (tertiary/aromatic N) is 2. The first-order chi connectivity index (χ1) is 8.19. The lowest BCUT2D eigenvalue weighted by Crippen LogP contribution is -2.02. The van der Waals surface area contributed by atoms with Gasteiger partial charge in [0.15, 0.2) is 5.78 Å². The van der Waals surface area contributed by atoms with Gasteiger partial charge >= 0.3 is 0 Å². The van der Waals surface area contributed by atoms with Crippen LogP contribution in [0.15, 0.2) is 36.7 Å². The number of hydrogen-bond acceptors (Lipinski definition) is 2. The summed E-state index contributed by atoms with van der Waals surface area (Å²) < 4.78 is 1.75. The van der Waals surface area contributed by atoms with Crippen LogP contribution in [0.1, 0.15) is 22.8 Å². The molecule has 1 aromatic heterocycles. The Morgan fingerprint density at radius 3 is 2.65 bits per heavy atom. The van der Waals surface area contributed by atoms with E-state index in [4.69, 9.17) is 11.6 Å². The molecule has 1 heterocycles. The standard InChI is InChI=1S/C13H13ClN2O/c1-2-16-9-11(8-15-16)13(17)7-10-3-5-12(14)6-4-10/h3-6,8-9H,2,7H2,1H3. The van der Waals surface area contributed by atoms with Crippen molar-refractivity contribution in [1.82, 2.24) is 9.78 Å². The zero-order valence-electron chi connectivity index (χ0n) is 9.56. The molecule has 0 saturated carbocycles. The molecular formula is C13H13ClN2O. The lowest BCUT2D eigenvalue weighted by atomic mass is 10.1. The monoisotopic (exact) mass is 248 g/mol. The second-order valence-corrected chi connectivity index (χ2v) is 4.25. The number of aryl methyl sites for hydroxylation is 1. The number of benzene rings is 1. The van der Waals surface area contributed by atoms with Crippen molar-refractivity contribution in [3.63, 3.8) is 0 Å². The summed E-state index contributed by atoms with van der Waals surface area (Å²) in [6.07, 6.45) is 3.77. The normalized spacial score (nSPS) is 10.5. The summed E-state index contributed by atoms with van der Waals surface area (Å²) >= 11 is 5.79. The van der Waals surface area contributed by atoms with Crippen LogP contribution in [0.5, 0.6) is 0 Å². The van der Waals surface area contributed by atoms with E-state index >= 15 is 0 Å². The third-order valence-electron chi connectivity index (χ3n) is 2.56. The molecule has 88 valence electrons. The van der Waals surface area contributed by atoms with Gasteiger partial charge in [-0.1, -0.05) is 23.7 Å². The van der Waals surface area contributed by atoms with E-state index in [1.165, 1.54) is 0 Å². The van der Waals surface area contributed by atoms with Crippen LogP contribution in [0, 0.1) is 0 Å². The van der Waals surface area contributed by atoms with Crippen molar-refractivity contribution < 1.29 is 4.79 Å². The first-order valence-electron chi connectivity index (χ1n) is 5.49. The molecule has 0 atom stereocenters. The quantitative estimate of drug-likeness (QED) is 0.780. The SMILES string of the molecule is CCn1cc(C(=O)Cc2ccc(Cl)cc2)cn1. The van der Waals surface area contributed by atoms with Crippen LogP contribution in [0.25, 0.3) is 0 Å². The van der Waals surface area contributed by atoms with Crippen molar-refractivity contribution in [2.24, 2.45) is 0 Å². The van der Waals surface area contributed by atoms with Gasteiger partial charge in [-0.2, -0.15) is 5.10 Å². The Balaban J connectivity index is 2.08. The van der Waals surface area contributed by atoms with Gasteiger partial charge in [0, 0.05) is 24.2 Å². The number of hydrogen-bond donors (Lipinski definition) is 0. The van der Waals surface area contributed by atoms with E-state index in [-0.39, 0.29) is 5.78 Å². The van der Waals surface area contributed by atoms with Gasteiger partial charge in [-0.3, -0.25) is 9.48 Å². The van der Waals surface area contributed by atoms with E-state index in [1.54, 1.807) is 29.2 Å². The van der Waals surface area contributed by atoms with Crippen LogP contribution in [-0.2, 0) is 13.0 Å². The van der Waals surface area contributed by atoms with Crippen LogP contribution in [-0.4, -0.2) is 15.6 Å². The molecule has 0 aliphatic heterocycles. The Morgan fingerprint density at radius 1 is 1.35 bits per heavy atom. The Morgan fingerprint density at radius 2 is 2.06 bits per heavy atom. The Kier molecular flexibility index (Phi) is 3.59. The highest BCUT2D eigenvalue weighted by molar-refractivity contribution is 6.30. The van der Waals surface area contributed by atoms with Crippen LogP contribution < -0.4 is 0 Å². The van der Waals surface area contributed by atoms with E-state index in [9.17, 15) is 4.79 Å². The Hall–Kier alpha value is -1.61. The molecule has 4 heteroatoms. The number of carbonyl (C=O) groups excluding carboxylic acids is 1. The van der Waals surface area contributed by atoms with Crippen molar-refractivity contribution in [3.05, 3.63) is 52.8 Å². The zero-order valence-corrected chi connectivity index (χ0v) is 10.3. The number of halogens is 1. The average Bonchev–Trinajstić information content (AvgIpc) is 2.81. The summed E-state index contributed by atoms with van der Waals surface area (Å²) in [5, 5.41) is 4.77. The van der Waals surface area contributed by atoms with Crippen LogP contribution in [0.3, 0.4) is 0 Å². The minimum Gasteiger partial charge on any atom is -0.294 e. The summed E-state index contributed by atoms with van der Waals surface area (Å²) in [6, 6.07) is 7.31. The minimum absolute atomic E-state index is 0.0759. The zero-order chi connectivity index (χ0) is 12.3. The summed E-state index contributed by atoms with van der Waals surface area (Å²) in [7, 11) is 0. The molecule has 0 spiro atoms. The largest absolute Gasteiger partial charge is 0.294 e. The third-order valence-corrected chi connectivity index (χ3v) is 2.81. The van der Waals surface area contributed by atoms with Gasteiger partial charge in [-0.15, -0.1) is 0 Å². The Labute approximate surface area is 105 Å². The average molecular weight is 249 g/mol. The summed E-state index contributed by atoms with van der Waals surface area (Å²) in [5.74, 6) is 0.0759. The minimum atomic E-state index is 0.0759. The van der Waals surface area contributed by atoms with E-state index in [1.807, 2.05) is 19.1 Å². The molecule has 3 nitrogen and oxygen atoms in total. The molecule has 2 aromatic rings. The molecule has 0 radical (unpaired) electrons. The van der Waals surface area contributed by atoms with E-state index in [0.29, 0.717) is 17.0 Å². The number of rotatable bonds is 4. The van der Waals surface area contributed by atoms with Crippen molar-refractivity contribution in [2.75, 3.05) is 0 Å². The number of Topliss-reactive ketones (excluding diaryl/α,β-unsaturated/α-hetero) is 1. The van der Waals surface area contributed by atoms with Gasteiger partial charge in [0.1, 0.15) is 0 Å². The van der Waals surface area contributed by atoms with Gasteiger partial charge in [-0.05, 0) is 24.6 Å². The second kappa shape index (κ2) is 5.15. The smallest absolute Gasteiger partial charge is 0.170 e. The molecule has 0 fully saturated rings. The molecule has 0 bridgehead atoms. The predicted molar refractivity (Wildman–Crippen MR) is 67.4 cm³/mol. The highest BCUT2D eigenvalue weighted by Gasteiger charge is 2.09. The maximum Gasteiger partial charge on any atom is 0.170 e. The van der Waals surface area contributed by atoms with Crippen molar-refractivity contribution in [3.8, 4) is 0 Å². The van der Waals surface area contributed by atoms with Crippen molar-refractivity contribution in [1.29, 1.82) is 0 Å². The molecule has 2 rings (SSSR count). The maximum absolute atomic E-state index is 11.9. The third kappa shape index (κ3) is 2.94. The van der Waals surface area contributed by atoms with E-state index < -0.39 is 0 Å². The highest BCUT2D eigenvalue weighted by atomic mass is 35.5. The van der Waals surface area contributed by atoms with Gasteiger partial charge in [0.2, 0.25) is 0 Å². The highest BCUT2D eigenvalue weighted by Crippen LogP contribution is 2.12. The molecule has 0 unspecified atom stereocenters. The number of carbonyl (C=O) groups is 1. The van der Waals surface area contributed by atoms with E-state index in [2.05, 4.69) is 5.10 Å². The molecule has 0 amide bonds. The maximum atomic E-state index is 11.9. The lowest BCUT2D eigenvalue weighted by molar-refractivity contribution is 0.0993. The van der Waals surface area contributed by atoms with Gasteiger partial charge in [0.25, 0.3) is 0 Å². The molecular weight excluding hydrogens is 236 g/mol. The molecule has 0 aliphatic carbocycles. The molecule has 0 saturated heterocycles. The number of aromatic nitrogens is 2. The first kappa shape index (κ1) is 11.9. The fraction of sp³-hybridized carbons (Fsp3) is 0.231. The van der Waals surface area contributed by atoms with Crippen molar-refractivity contribution >= 4 is 17.4 Å². The lowest BCUT2D eigenvalue weighted by Gasteiger charge is -1.99. The topological polar surface area (TPSA) is 34.9 Å². The fourth-order valence-electron chi connectivity index (χ4n) is 1.57. The van der Waals surface area contributed by atoms with Crippen molar-refractivity contribution in [2.45, 2.75) is 19.9 Å².